The molecule has 0 fully saturated rings. The summed E-state index contributed by atoms with van der Waals surface area (Å²) in [5.74, 6) is 2.64. The van der Waals surface area contributed by atoms with Crippen molar-refractivity contribution in [3.63, 3.8) is 0 Å². The fourth-order valence-corrected chi connectivity index (χ4v) is 4.61. The maximum absolute atomic E-state index is 13.6. The number of methoxy groups -OCH3 is 1. The third kappa shape index (κ3) is 4.12. The molecule has 2 aromatic heterocycles. The first-order valence-corrected chi connectivity index (χ1v) is 11.5. The molecule has 180 valence electrons. The van der Waals surface area contributed by atoms with Gasteiger partial charge in [0, 0.05) is 48.1 Å². The number of aryl methyl sites for hydroxylation is 2. The maximum Gasteiger partial charge on any atom is 0.253 e. The first-order chi connectivity index (χ1) is 17.0. The molecule has 1 atom stereocenters. The highest BCUT2D eigenvalue weighted by atomic mass is 16.6. The zero-order valence-electron chi connectivity index (χ0n) is 20.2. The van der Waals surface area contributed by atoms with Crippen molar-refractivity contribution in [3.05, 3.63) is 89.3 Å². The van der Waals surface area contributed by atoms with Gasteiger partial charge in [-0.3, -0.25) is 4.79 Å². The van der Waals surface area contributed by atoms with Gasteiger partial charge in [-0.15, -0.1) is 0 Å². The molecule has 8 nitrogen and oxygen atoms in total. The first-order valence-electron chi connectivity index (χ1n) is 11.5. The molecule has 1 N–H and O–H groups in total. The lowest BCUT2D eigenvalue weighted by Crippen LogP contribution is -2.31. The lowest BCUT2D eigenvalue weighted by molar-refractivity contribution is 0.0940. The fourth-order valence-electron chi connectivity index (χ4n) is 4.61. The number of hydrogen-bond acceptors (Lipinski definition) is 5. The fraction of sp³-hybridized carbons (Fsp3) is 0.259. The molecule has 1 amide bonds. The Morgan fingerprint density at radius 1 is 1.09 bits per heavy atom. The van der Waals surface area contributed by atoms with Crippen LogP contribution in [0.4, 0.5) is 0 Å². The Hall–Kier alpha value is -4.20. The molecular weight excluding hydrogens is 444 g/mol. The number of aromatic nitrogens is 3. The quantitative estimate of drug-likeness (QED) is 0.457. The first kappa shape index (κ1) is 22.6. The molecule has 8 heteroatoms. The molecule has 0 aliphatic carbocycles. The Morgan fingerprint density at radius 3 is 2.60 bits per heavy atom. The highest BCUT2D eigenvalue weighted by molar-refractivity contribution is 5.96. The zero-order chi connectivity index (χ0) is 24.5. The number of imidazole rings is 1. The van der Waals surface area contributed by atoms with Gasteiger partial charge in [-0.05, 0) is 38.1 Å². The van der Waals surface area contributed by atoms with Gasteiger partial charge < -0.3 is 28.7 Å². The summed E-state index contributed by atoms with van der Waals surface area (Å²) in [6.45, 7) is 4.99. The number of carbonyl (C=O) groups is 1. The van der Waals surface area contributed by atoms with E-state index in [1.807, 2.05) is 84.8 Å². The Labute approximate surface area is 204 Å². The number of benzene rings is 2. The van der Waals surface area contributed by atoms with E-state index in [1.165, 1.54) is 0 Å². The van der Waals surface area contributed by atoms with Gasteiger partial charge in [-0.1, -0.05) is 18.2 Å². The molecule has 0 bridgehead atoms. The van der Waals surface area contributed by atoms with E-state index in [-0.39, 0.29) is 5.91 Å². The van der Waals surface area contributed by atoms with Crippen molar-refractivity contribution in [2.24, 2.45) is 7.05 Å². The van der Waals surface area contributed by atoms with Gasteiger partial charge in [-0.2, -0.15) is 0 Å². The van der Waals surface area contributed by atoms with Gasteiger partial charge in [0.25, 0.3) is 5.91 Å². The van der Waals surface area contributed by atoms with Crippen LogP contribution in [0, 0.1) is 13.8 Å². The zero-order valence-corrected chi connectivity index (χ0v) is 20.2. The number of fused-ring (bicyclic) bond motifs is 1. The van der Waals surface area contributed by atoms with Crippen LogP contribution in [0.15, 0.2) is 60.9 Å². The minimum Gasteiger partial charge on any atom is -0.496 e. The van der Waals surface area contributed by atoms with Crippen molar-refractivity contribution in [2.45, 2.75) is 19.9 Å². The summed E-state index contributed by atoms with van der Waals surface area (Å²) in [7, 11) is 3.53. The van der Waals surface area contributed by atoms with Gasteiger partial charge in [0.1, 0.15) is 30.8 Å². The van der Waals surface area contributed by atoms with Crippen molar-refractivity contribution in [1.29, 1.82) is 0 Å². The number of nitrogens with zero attached hydrogens (tertiary/aromatic N) is 3. The summed E-state index contributed by atoms with van der Waals surface area (Å²) in [5.41, 5.74) is 4.10. The molecule has 0 saturated carbocycles. The van der Waals surface area contributed by atoms with Crippen molar-refractivity contribution in [2.75, 3.05) is 20.3 Å². The van der Waals surface area contributed by atoms with E-state index in [4.69, 9.17) is 14.2 Å². The summed E-state index contributed by atoms with van der Waals surface area (Å²) < 4.78 is 20.9. The number of hydrogen-bond donors (Lipinski definition) is 1. The molecule has 0 radical (unpaired) electrons. The summed E-state index contributed by atoms with van der Waals surface area (Å²) in [6.07, 6.45) is 3.58. The normalized spacial score (nSPS) is 13.4. The van der Waals surface area contributed by atoms with Crippen LogP contribution in [-0.2, 0) is 7.05 Å². The van der Waals surface area contributed by atoms with Crippen LogP contribution in [0.2, 0.25) is 0 Å². The van der Waals surface area contributed by atoms with Gasteiger partial charge in [0.05, 0.1) is 12.7 Å². The number of amides is 1. The standard InChI is InChI=1S/C27H28N4O4/c1-17-15-21(18(2)31(17)19-9-10-23-24(16-19)35-14-13-34-23)27(32)29-25(26-28-11-12-30(26)3)20-7-5-6-8-22(20)33-4/h5-12,15-16,25H,13-14H2,1-4H3,(H,29,32). The number of ether oxygens (including phenoxy) is 3. The lowest BCUT2D eigenvalue weighted by Gasteiger charge is -2.21. The number of nitrogens with one attached hydrogen (secondary N) is 1. The van der Waals surface area contributed by atoms with E-state index in [9.17, 15) is 4.79 Å². The molecule has 1 unspecified atom stereocenters. The van der Waals surface area contributed by atoms with E-state index >= 15 is 0 Å². The van der Waals surface area contributed by atoms with Crippen LogP contribution >= 0.6 is 0 Å². The molecular formula is C27H28N4O4. The van der Waals surface area contributed by atoms with E-state index in [0.29, 0.717) is 36.1 Å². The Bertz CT molecular complexity index is 1390. The minimum absolute atomic E-state index is 0.194. The van der Waals surface area contributed by atoms with Crippen molar-refractivity contribution < 1.29 is 19.0 Å². The second-order valence-corrected chi connectivity index (χ2v) is 8.49. The molecule has 3 heterocycles. The average Bonchev–Trinajstić information content (AvgIpc) is 3.43. The van der Waals surface area contributed by atoms with E-state index in [2.05, 4.69) is 10.3 Å². The number of rotatable bonds is 6. The van der Waals surface area contributed by atoms with E-state index < -0.39 is 6.04 Å². The highest BCUT2D eigenvalue weighted by Gasteiger charge is 2.26. The summed E-state index contributed by atoms with van der Waals surface area (Å²) >= 11 is 0. The van der Waals surface area contributed by atoms with Crippen molar-refractivity contribution >= 4 is 5.91 Å². The molecule has 1 aliphatic heterocycles. The van der Waals surface area contributed by atoms with Gasteiger partial charge in [0.2, 0.25) is 0 Å². The molecule has 0 saturated heterocycles. The molecule has 4 aromatic rings. The van der Waals surface area contributed by atoms with Crippen LogP contribution in [0.3, 0.4) is 0 Å². The molecule has 1 aliphatic rings. The lowest BCUT2D eigenvalue weighted by atomic mass is 10.0. The Balaban J connectivity index is 1.51. The summed E-state index contributed by atoms with van der Waals surface area (Å²) in [4.78, 5) is 18.1. The summed E-state index contributed by atoms with van der Waals surface area (Å²) in [6, 6.07) is 14.9. The summed E-state index contributed by atoms with van der Waals surface area (Å²) in [5, 5.41) is 3.19. The van der Waals surface area contributed by atoms with Gasteiger partial charge in [0.15, 0.2) is 11.5 Å². The van der Waals surface area contributed by atoms with Crippen LogP contribution in [0.5, 0.6) is 17.2 Å². The second-order valence-electron chi connectivity index (χ2n) is 8.49. The van der Waals surface area contributed by atoms with Crippen molar-refractivity contribution in [1.82, 2.24) is 19.4 Å². The minimum atomic E-state index is -0.490. The third-order valence-corrected chi connectivity index (χ3v) is 6.30. The predicted molar refractivity (Wildman–Crippen MR) is 132 cm³/mol. The molecule has 5 rings (SSSR count). The second kappa shape index (κ2) is 9.21. The van der Waals surface area contributed by atoms with Crippen LogP contribution in [-0.4, -0.2) is 40.3 Å². The largest absolute Gasteiger partial charge is 0.496 e. The van der Waals surface area contributed by atoms with Crippen molar-refractivity contribution in [3.8, 4) is 22.9 Å². The smallest absolute Gasteiger partial charge is 0.253 e. The topological polar surface area (TPSA) is 79.5 Å². The molecule has 2 aromatic carbocycles. The maximum atomic E-state index is 13.6. The van der Waals surface area contributed by atoms with Crippen LogP contribution in [0.1, 0.15) is 39.2 Å². The molecule has 35 heavy (non-hydrogen) atoms. The third-order valence-electron chi connectivity index (χ3n) is 6.30. The predicted octanol–water partition coefficient (Wildman–Crippen LogP) is 4.13. The van der Waals surface area contributed by atoms with E-state index in [0.717, 1.165) is 28.4 Å². The average molecular weight is 473 g/mol. The Morgan fingerprint density at radius 2 is 1.86 bits per heavy atom. The Kier molecular flexibility index (Phi) is 5.94. The number of carbonyl (C=O) groups excluding carboxylic acids is 1. The monoisotopic (exact) mass is 472 g/mol. The highest BCUT2D eigenvalue weighted by Crippen LogP contribution is 2.34. The number of para-hydroxylation sites is 1. The van der Waals surface area contributed by atoms with Gasteiger partial charge >= 0.3 is 0 Å². The SMILES string of the molecule is COc1ccccc1C(NC(=O)c1cc(C)n(-c2ccc3c(c2)OCCO3)c1C)c1nccn1C. The van der Waals surface area contributed by atoms with Gasteiger partial charge in [-0.25, -0.2) is 4.98 Å². The van der Waals surface area contributed by atoms with Crippen LogP contribution in [0.25, 0.3) is 5.69 Å². The molecule has 0 spiro atoms. The van der Waals surface area contributed by atoms with Crippen LogP contribution < -0.4 is 19.5 Å². The van der Waals surface area contributed by atoms with E-state index in [1.54, 1.807) is 13.3 Å².